The van der Waals surface area contributed by atoms with Crippen molar-refractivity contribution in [1.82, 2.24) is 10.6 Å². The van der Waals surface area contributed by atoms with Crippen LogP contribution in [0, 0.1) is 0 Å². The fourth-order valence-electron chi connectivity index (χ4n) is 11.9. The molecule has 501 valence electrons. The normalized spacial score (nSPS) is 17.5. The molecule has 3 N–H and O–H groups in total. The van der Waals surface area contributed by atoms with Crippen LogP contribution in [0.5, 0.6) is 0 Å². The number of cyclic esters (lactones) is 1. The van der Waals surface area contributed by atoms with Crippen LogP contribution >= 0.6 is 116 Å². The second kappa shape index (κ2) is 41.1. The Morgan fingerprint density at radius 2 is 0.784 bits per heavy atom. The third kappa shape index (κ3) is 23.3. The van der Waals surface area contributed by atoms with Gasteiger partial charge in [-0.1, -0.05) is 249 Å². The van der Waals surface area contributed by atoms with E-state index in [0.29, 0.717) is 87.5 Å². The Kier molecular flexibility index (Phi) is 35.1. The molecule has 3 radical (unpaired) electrons. The molecule has 1 heterocycles. The van der Waals surface area contributed by atoms with E-state index in [2.05, 4.69) is 71.3 Å². The average Bonchev–Trinajstić information content (AvgIpc) is 0.864. The van der Waals surface area contributed by atoms with E-state index in [1.165, 1.54) is 51.6 Å². The minimum Gasteiger partial charge on any atom is -1.00 e. The third-order valence-corrected chi connectivity index (χ3v) is 20.4. The second-order valence-corrected chi connectivity index (χ2v) is 26.7. The third-order valence-electron chi connectivity index (χ3n) is 16.7. The van der Waals surface area contributed by atoms with E-state index in [9.17, 15) is 19.2 Å². The zero-order valence-corrected chi connectivity index (χ0v) is 62.9. The number of carbonyl (C=O) groups excluding carboxylic acids is 3. The number of benzene rings is 9. The van der Waals surface area contributed by atoms with E-state index in [1.54, 1.807) is 12.1 Å². The number of hydrogen-bond acceptors (Lipinski definition) is 7. The Morgan fingerprint density at radius 3 is 1.16 bits per heavy atom. The van der Waals surface area contributed by atoms with Crippen molar-refractivity contribution in [3.05, 3.63) is 312 Å². The topological polar surface area (TPSA) is 122 Å². The van der Waals surface area contributed by atoms with Crippen molar-refractivity contribution in [3.8, 4) is 0 Å². The predicted octanol–water partition coefficient (Wildman–Crippen LogP) is 20.4. The van der Waals surface area contributed by atoms with E-state index in [4.69, 9.17) is 126 Å². The summed E-state index contributed by atoms with van der Waals surface area (Å²) in [6.45, 7) is 0. The van der Waals surface area contributed by atoms with E-state index in [-0.39, 0.29) is 91.5 Å². The first-order valence-electron chi connectivity index (χ1n) is 30.6. The Bertz CT molecular complexity index is 3970. The summed E-state index contributed by atoms with van der Waals surface area (Å²) in [5, 5.41) is 20.5. The molecule has 1 saturated heterocycles. The van der Waals surface area contributed by atoms with Gasteiger partial charge in [0.25, 0.3) is 0 Å². The number of carboxylic acid groups (broad SMARTS) is 1. The molecule has 1 fully saturated rings. The molecule has 8 nitrogen and oxygen atoms in total. The largest absolute Gasteiger partial charge is 1.00 e. The van der Waals surface area contributed by atoms with Crippen molar-refractivity contribution in [3.63, 3.8) is 0 Å². The van der Waals surface area contributed by atoms with E-state index in [0.717, 1.165) is 60.8 Å². The summed E-state index contributed by atoms with van der Waals surface area (Å²) in [4.78, 5) is 44.5. The Balaban J connectivity index is 0.000000253. The molecular formula is C76H70BCl10FN2NaO6. The Labute approximate surface area is 643 Å². The number of ketones is 2. The number of ether oxygens (including phenoxy) is 1. The number of fused-ring (bicyclic) bond motifs is 3. The van der Waals surface area contributed by atoms with Gasteiger partial charge < -0.3 is 21.9 Å². The van der Waals surface area contributed by atoms with Crippen molar-refractivity contribution in [2.24, 2.45) is 0 Å². The number of nitrogens with one attached hydrogen (secondary N) is 2. The smallest absolute Gasteiger partial charge is 1.00 e. The van der Waals surface area contributed by atoms with Gasteiger partial charge in [0.1, 0.15) is 6.10 Å². The van der Waals surface area contributed by atoms with Crippen LogP contribution in [0.15, 0.2) is 200 Å². The molecule has 9 aromatic rings. The van der Waals surface area contributed by atoms with Crippen LogP contribution < -0.4 is 40.2 Å². The van der Waals surface area contributed by atoms with Crippen LogP contribution in [-0.4, -0.2) is 51.1 Å². The van der Waals surface area contributed by atoms with Gasteiger partial charge in [-0.3, -0.25) is 23.9 Å². The fourth-order valence-corrected chi connectivity index (χ4v) is 13.4. The first-order valence-corrected chi connectivity index (χ1v) is 34.4. The van der Waals surface area contributed by atoms with Gasteiger partial charge in [0, 0.05) is 68.6 Å². The summed E-state index contributed by atoms with van der Waals surface area (Å²) in [5.41, 5.74) is 12.4. The second-order valence-electron chi connectivity index (χ2n) is 22.6. The summed E-state index contributed by atoms with van der Waals surface area (Å²) in [6, 6.07) is 65.5. The van der Waals surface area contributed by atoms with Crippen molar-refractivity contribution >= 4 is 148 Å². The number of rotatable bonds is 10. The summed E-state index contributed by atoms with van der Waals surface area (Å²) < 4.78 is 5.10. The van der Waals surface area contributed by atoms with Gasteiger partial charge in [-0.25, -0.2) is 0 Å². The summed E-state index contributed by atoms with van der Waals surface area (Å²) >= 11 is 59.5. The number of esters is 1. The van der Waals surface area contributed by atoms with Gasteiger partial charge in [0.05, 0.1) is 56.6 Å². The van der Waals surface area contributed by atoms with Crippen LogP contribution in [-0.2, 0) is 14.3 Å². The molecule has 97 heavy (non-hydrogen) atoms. The maximum atomic E-state index is 11.9. The molecule has 0 spiro atoms. The van der Waals surface area contributed by atoms with Crippen LogP contribution in [0.1, 0.15) is 172 Å². The monoisotopic (exact) mass is 1510 g/mol. The molecule has 0 bridgehead atoms. The number of Topliss-reactive ketones (excluding diaryl/α,β-unsaturated/α-hetero) is 2. The van der Waals surface area contributed by atoms with Crippen LogP contribution in [0.2, 0.25) is 50.2 Å². The van der Waals surface area contributed by atoms with Gasteiger partial charge in [0.15, 0.2) is 11.6 Å². The molecule has 4 unspecified atom stereocenters. The van der Waals surface area contributed by atoms with Gasteiger partial charge >= 0.3 is 41.5 Å². The average molecular weight is 1510 g/mol. The van der Waals surface area contributed by atoms with Gasteiger partial charge in [-0.2, -0.15) is 0 Å². The molecule has 0 amide bonds. The first kappa shape index (κ1) is 82.7. The standard InChI is InChI=1S/2C17H17Cl2N.C16H12Cl2O.C10H8Cl2O3.C10H8Cl2O2.C6H6.B.FH.Na.H/c2*1-20-17-9-7-12(13-4-2-3-5-14(13)17)11-6-8-15(18)16(19)10-11;17-14-7-5-10(9-15(14)18)11-6-8-16(19)13-4-2-1-3-12(11)13;11-7-2-1-6(5-8(7)12)9(13)3-4-10(14)15;11-7-2-1-6(5-8(7)12)9-3-4-10(13)14-9;1-2-4-6-5-3-1;;;;/h2*2-6,8,10,12,17,20H,7,9H2,1H3;1-5,7,9,11H,6,8H2;1-2,5H,3-4H2,(H,14,15);1-2,5,9H,3-4H2;1-6H;;1H;;/q;;;;;;;;+1;-1/t12-,17-;;;;;;;;;/m0........./s1. The van der Waals surface area contributed by atoms with Gasteiger partial charge in [-0.15, -0.1) is 0 Å². The van der Waals surface area contributed by atoms with Gasteiger partial charge in [0.2, 0.25) is 0 Å². The number of carbonyl (C=O) groups is 4. The molecule has 0 saturated carbocycles. The van der Waals surface area contributed by atoms with E-state index >= 15 is 0 Å². The molecule has 0 aromatic heterocycles. The molecule has 6 atom stereocenters. The van der Waals surface area contributed by atoms with Crippen molar-refractivity contribution < 1.29 is 64.7 Å². The van der Waals surface area contributed by atoms with Crippen LogP contribution in [0.4, 0.5) is 4.70 Å². The molecule has 1 aliphatic heterocycles. The number of aliphatic carboxylic acids is 1. The minimum atomic E-state index is -0.997. The minimum absolute atomic E-state index is 0. The first-order chi connectivity index (χ1) is 45.2. The zero-order valence-electron chi connectivity index (χ0n) is 54.3. The molecule has 4 aliphatic rings. The van der Waals surface area contributed by atoms with Crippen molar-refractivity contribution in [2.75, 3.05) is 14.1 Å². The Morgan fingerprint density at radius 1 is 0.423 bits per heavy atom. The predicted molar refractivity (Wildman–Crippen MR) is 398 cm³/mol. The van der Waals surface area contributed by atoms with Crippen LogP contribution in [0.3, 0.4) is 0 Å². The summed E-state index contributed by atoms with van der Waals surface area (Å²) in [7, 11) is 4.06. The summed E-state index contributed by atoms with van der Waals surface area (Å²) in [6.07, 6.45) is 6.76. The van der Waals surface area contributed by atoms with Gasteiger partial charge in [-0.05, 0) is 169 Å². The molecule has 9 aromatic carbocycles. The number of carboxylic acids is 1. The number of halogens is 11. The molecule has 13 rings (SSSR count). The van der Waals surface area contributed by atoms with E-state index in [1.807, 2.05) is 123 Å². The maximum absolute atomic E-state index is 11.9. The SMILES string of the molecule is CNC1CCC(c2ccc(Cl)c(Cl)c2)c2ccccc21.CN[C@H]1CC[C@@H](c2ccc(Cl)c(Cl)c2)c2ccccc21.F.O=C(O)CCC(=O)c1ccc(Cl)c(Cl)c1.O=C1CCC(c2ccc(Cl)c(Cl)c2)O1.O=C1CCC(c2ccc(Cl)c(Cl)c2)c2ccccc21.[B].[H-].[Na+].c1ccccc1. The Hall–Kier alpha value is -4.93. The summed E-state index contributed by atoms with van der Waals surface area (Å²) in [5.74, 6) is -0.132. The molecular weight excluding hydrogens is 1440 g/mol. The fraction of sp³-hybridized carbons (Fsp3) is 0.237. The zero-order chi connectivity index (χ0) is 67.4. The van der Waals surface area contributed by atoms with Crippen LogP contribution in [0.25, 0.3) is 0 Å². The molecule has 3 aliphatic carbocycles. The van der Waals surface area contributed by atoms with E-state index < -0.39 is 5.97 Å². The maximum Gasteiger partial charge on any atom is 1.00 e. The molecule has 21 heteroatoms. The quantitative estimate of drug-likeness (QED) is 0.0703. The van der Waals surface area contributed by atoms with Crippen molar-refractivity contribution in [2.45, 2.75) is 100 Å². The van der Waals surface area contributed by atoms with Crippen molar-refractivity contribution in [1.29, 1.82) is 0 Å². The number of hydrogen-bond donors (Lipinski definition) is 3.